The summed E-state index contributed by atoms with van der Waals surface area (Å²) in [5, 5.41) is 15.9. The summed E-state index contributed by atoms with van der Waals surface area (Å²) in [5.41, 5.74) is 1.36. The van der Waals surface area contributed by atoms with E-state index in [4.69, 9.17) is 25.8 Å². The minimum atomic E-state index is -0.869. The fraction of sp³-hybridized carbons (Fsp3) is 0.444. The Hall–Kier alpha value is -2.74. The van der Waals surface area contributed by atoms with Gasteiger partial charge in [0.1, 0.15) is 19.0 Å². The van der Waals surface area contributed by atoms with Gasteiger partial charge in [0.15, 0.2) is 11.5 Å². The molecule has 188 valence electrons. The lowest BCUT2D eigenvalue weighted by atomic mass is 9.96. The summed E-state index contributed by atoms with van der Waals surface area (Å²) < 4.78 is 19.3. The van der Waals surface area contributed by atoms with Gasteiger partial charge in [0.05, 0.1) is 24.3 Å². The van der Waals surface area contributed by atoms with Crippen molar-refractivity contribution >= 4 is 11.6 Å². The molecule has 2 aromatic carbocycles. The molecule has 0 unspecified atom stereocenters. The molecule has 1 aliphatic heterocycles. The molecule has 3 aromatic rings. The third-order valence-corrected chi connectivity index (χ3v) is 6.68. The van der Waals surface area contributed by atoms with Crippen molar-refractivity contribution in [2.45, 2.75) is 44.9 Å². The third-order valence-electron chi connectivity index (χ3n) is 6.36. The number of hydrogen-bond donors (Lipinski definition) is 1. The normalized spacial score (nSPS) is 18.7. The molecule has 0 aliphatic carbocycles. The van der Waals surface area contributed by atoms with Crippen molar-refractivity contribution in [1.82, 2.24) is 14.7 Å². The maximum Gasteiger partial charge on any atom is 0.161 e. The average Bonchev–Trinajstić information content (AvgIpc) is 3.30. The Bertz CT molecular complexity index is 1090. The lowest BCUT2D eigenvalue weighted by molar-refractivity contribution is -0.0168. The second-order valence-electron chi connectivity index (χ2n) is 9.18. The van der Waals surface area contributed by atoms with E-state index in [-0.39, 0.29) is 6.61 Å². The van der Waals surface area contributed by atoms with Gasteiger partial charge in [-0.05, 0) is 74.2 Å². The van der Waals surface area contributed by atoms with Crippen molar-refractivity contribution in [3.05, 3.63) is 71.0 Å². The Morgan fingerprint density at radius 2 is 1.94 bits per heavy atom. The maximum absolute atomic E-state index is 11.2. The fourth-order valence-electron chi connectivity index (χ4n) is 4.34. The number of ether oxygens (including phenoxy) is 3. The Kier molecular flexibility index (Phi) is 8.55. The van der Waals surface area contributed by atoms with Gasteiger partial charge < -0.3 is 19.3 Å². The van der Waals surface area contributed by atoms with Crippen molar-refractivity contribution in [3.63, 3.8) is 0 Å². The van der Waals surface area contributed by atoms with E-state index in [0.717, 1.165) is 48.7 Å². The molecule has 35 heavy (non-hydrogen) atoms. The predicted molar refractivity (Wildman–Crippen MR) is 136 cm³/mol. The van der Waals surface area contributed by atoms with Gasteiger partial charge in [-0.3, -0.25) is 9.58 Å². The Labute approximate surface area is 212 Å². The molecule has 1 atom stereocenters. The van der Waals surface area contributed by atoms with Crippen LogP contribution < -0.4 is 14.2 Å². The topological polar surface area (TPSA) is 69.0 Å². The van der Waals surface area contributed by atoms with E-state index in [1.54, 1.807) is 13.3 Å². The van der Waals surface area contributed by atoms with Crippen LogP contribution in [0, 0.1) is 6.92 Å². The summed E-state index contributed by atoms with van der Waals surface area (Å²) in [5.74, 6) is 2.07. The quantitative estimate of drug-likeness (QED) is 0.435. The molecule has 4 rings (SSSR count). The predicted octanol–water partition coefficient (Wildman–Crippen LogP) is 4.73. The van der Waals surface area contributed by atoms with Crippen LogP contribution in [-0.2, 0) is 13.1 Å². The zero-order valence-electron chi connectivity index (χ0n) is 20.5. The van der Waals surface area contributed by atoms with Crippen LogP contribution in [0.3, 0.4) is 0 Å². The van der Waals surface area contributed by atoms with Crippen molar-refractivity contribution in [1.29, 1.82) is 0 Å². The second kappa shape index (κ2) is 11.8. The van der Waals surface area contributed by atoms with Crippen molar-refractivity contribution in [3.8, 4) is 17.2 Å². The molecule has 0 amide bonds. The van der Waals surface area contributed by atoms with Gasteiger partial charge in [0, 0.05) is 25.5 Å². The summed E-state index contributed by atoms with van der Waals surface area (Å²) in [6, 6.07) is 13.6. The highest BCUT2D eigenvalue weighted by Gasteiger charge is 2.31. The monoisotopic (exact) mass is 499 g/mol. The second-order valence-corrected chi connectivity index (χ2v) is 9.59. The molecule has 1 N–H and O–H groups in total. The first-order valence-electron chi connectivity index (χ1n) is 12.0. The lowest BCUT2D eigenvalue weighted by Gasteiger charge is -2.27. The Balaban J connectivity index is 1.30. The summed E-state index contributed by atoms with van der Waals surface area (Å²) in [6.45, 7) is 5.90. The summed E-state index contributed by atoms with van der Waals surface area (Å²) in [6.07, 6.45) is 5.90. The molecule has 1 aromatic heterocycles. The number of aryl methyl sites for hydroxylation is 1. The molecule has 0 bridgehead atoms. The standard InChI is InChI=1S/C27H34ClN3O4/c1-21-5-7-23(28)25(17-21)35-20-27(32)9-3-12-30(14-10-27)19-22-6-8-24(26(18-22)33-2)34-16-15-31-13-4-11-29-31/h4-8,11,13,17-18,32H,3,9-10,12,14-16,19-20H2,1-2H3/t27-/m0/s1. The first kappa shape index (κ1) is 25.4. The number of rotatable bonds is 10. The van der Waals surface area contributed by atoms with Gasteiger partial charge in [-0.15, -0.1) is 0 Å². The van der Waals surface area contributed by atoms with E-state index in [9.17, 15) is 5.11 Å². The van der Waals surface area contributed by atoms with Crippen LogP contribution in [0.1, 0.15) is 30.4 Å². The van der Waals surface area contributed by atoms with E-state index in [1.165, 1.54) is 0 Å². The number of likely N-dealkylation sites (tertiary alicyclic amines) is 1. The van der Waals surface area contributed by atoms with Crippen LogP contribution in [0.5, 0.6) is 17.2 Å². The minimum absolute atomic E-state index is 0.238. The summed E-state index contributed by atoms with van der Waals surface area (Å²) >= 11 is 6.25. The first-order chi connectivity index (χ1) is 16.9. The van der Waals surface area contributed by atoms with Crippen LogP contribution in [0.25, 0.3) is 0 Å². The van der Waals surface area contributed by atoms with Gasteiger partial charge >= 0.3 is 0 Å². The molecule has 0 saturated carbocycles. The van der Waals surface area contributed by atoms with Crippen molar-refractivity contribution in [2.75, 3.05) is 33.4 Å². The number of aromatic nitrogens is 2. The number of hydrogen-bond acceptors (Lipinski definition) is 6. The molecule has 8 heteroatoms. The smallest absolute Gasteiger partial charge is 0.161 e. The van der Waals surface area contributed by atoms with Crippen LogP contribution in [-0.4, -0.2) is 58.8 Å². The molecule has 1 saturated heterocycles. The molecule has 7 nitrogen and oxygen atoms in total. The molecular weight excluding hydrogens is 466 g/mol. The Morgan fingerprint density at radius 3 is 2.74 bits per heavy atom. The van der Waals surface area contributed by atoms with E-state index in [1.807, 2.05) is 54.2 Å². The summed E-state index contributed by atoms with van der Waals surface area (Å²) in [7, 11) is 1.66. The fourth-order valence-corrected chi connectivity index (χ4v) is 4.51. The van der Waals surface area contributed by atoms with Gasteiger partial charge in [-0.1, -0.05) is 23.7 Å². The lowest BCUT2D eigenvalue weighted by Crippen LogP contribution is -2.37. The zero-order chi connectivity index (χ0) is 24.7. The number of aliphatic hydroxyl groups is 1. The molecule has 2 heterocycles. The van der Waals surface area contributed by atoms with E-state index in [0.29, 0.717) is 36.8 Å². The molecular formula is C27H34ClN3O4. The van der Waals surface area contributed by atoms with E-state index < -0.39 is 5.60 Å². The highest BCUT2D eigenvalue weighted by molar-refractivity contribution is 6.32. The van der Waals surface area contributed by atoms with Crippen LogP contribution in [0.15, 0.2) is 54.9 Å². The van der Waals surface area contributed by atoms with E-state index in [2.05, 4.69) is 16.1 Å². The first-order valence-corrected chi connectivity index (χ1v) is 12.4. The van der Waals surface area contributed by atoms with Crippen molar-refractivity contribution < 1.29 is 19.3 Å². The number of halogens is 1. The number of nitrogens with zero attached hydrogens (tertiary/aromatic N) is 3. The molecule has 0 spiro atoms. The SMILES string of the molecule is COc1cc(CN2CCC[C@@](O)(COc3cc(C)ccc3Cl)CC2)ccc1OCCn1cccn1. The number of methoxy groups -OCH3 is 1. The minimum Gasteiger partial charge on any atom is -0.493 e. The van der Waals surface area contributed by atoms with Crippen LogP contribution in [0.2, 0.25) is 5.02 Å². The van der Waals surface area contributed by atoms with Crippen molar-refractivity contribution in [2.24, 2.45) is 0 Å². The van der Waals surface area contributed by atoms with Gasteiger partial charge in [-0.2, -0.15) is 5.10 Å². The van der Waals surface area contributed by atoms with Gasteiger partial charge in [0.25, 0.3) is 0 Å². The van der Waals surface area contributed by atoms with Gasteiger partial charge in [-0.25, -0.2) is 0 Å². The molecule has 1 aliphatic rings. The third kappa shape index (κ3) is 7.13. The Morgan fingerprint density at radius 1 is 1.06 bits per heavy atom. The van der Waals surface area contributed by atoms with E-state index >= 15 is 0 Å². The van der Waals surface area contributed by atoms with Crippen LogP contribution in [0.4, 0.5) is 0 Å². The molecule has 1 fully saturated rings. The van der Waals surface area contributed by atoms with Gasteiger partial charge in [0.2, 0.25) is 0 Å². The highest BCUT2D eigenvalue weighted by Crippen LogP contribution is 2.31. The van der Waals surface area contributed by atoms with Crippen LogP contribution >= 0.6 is 11.6 Å². The molecule has 0 radical (unpaired) electrons. The number of benzene rings is 2. The zero-order valence-corrected chi connectivity index (χ0v) is 21.2. The maximum atomic E-state index is 11.2. The average molecular weight is 500 g/mol. The highest BCUT2D eigenvalue weighted by atomic mass is 35.5. The largest absolute Gasteiger partial charge is 0.493 e. The summed E-state index contributed by atoms with van der Waals surface area (Å²) in [4.78, 5) is 2.37.